The Morgan fingerprint density at radius 1 is 0.439 bits per heavy atom. The Kier molecular flexibility index (Phi) is 65.1. The second kappa shape index (κ2) is 72.9. The van der Waals surface area contributed by atoms with Crippen LogP contribution in [-0.2, 0) is 131 Å². The normalized spacial score (nSPS) is 13.9. The van der Waals surface area contributed by atoms with E-state index in [1.165, 1.54) is 0 Å². The number of amides is 5. The van der Waals surface area contributed by atoms with Gasteiger partial charge in [0.1, 0.15) is 24.6 Å². The number of hydrogen-bond acceptors (Lipinski definition) is 39. The molecule has 0 unspecified atom stereocenters. The van der Waals surface area contributed by atoms with E-state index in [9.17, 15) is 95.9 Å². The molecule has 132 heavy (non-hydrogen) atoms. The van der Waals surface area contributed by atoms with E-state index >= 15 is 0 Å². The Morgan fingerprint density at radius 3 is 1.45 bits per heavy atom. The number of aliphatic carboxylic acids is 2. The maximum absolute atomic E-state index is 13.8. The molecule has 0 aliphatic heterocycles. The summed E-state index contributed by atoms with van der Waals surface area (Å²) < 4.78 is 151. The van der Waals surface area contributed by atoms with E-state index in [1.807, 2.05) is 0 Å². The molecule has 17 N–H and O–H groups in total. The number of unbranched alkanes of at least 4 members (excludes halogenated alkanes) is 1. The number of halogens is 5. The highest BCUT2D eigenvalue weighted by atomic mass is 19.2. The maximum atomic E-state index is 13.8. The van der Waals surface area contributed by atoms with Crippen LogP contribution in [0.25, 0.3) is 0 Å². The van der Waals surface area contributed by atoms with Gasteiger partial charge in [-0.15, -0.1) is 15.1 Å². The summed E-state index contributed by atoms with van der Waals surface area (Å²) >= 11 is 0. The van der Waals surface area contributed by atoms with Crippen LogP contribution in [0.1, 0.15) is 108 Å². The van der Waals surface area contributed by atoms with Crippen molar-refractivity contribution in [3.05, 3.63) is 57.8 Å². The summed E-state index contributed by atoms with van der Waals surface area (Å²) in [7, 11) is 0. The summed E-state index contributed by atoms with van der Waals surface area (Å²) in [5.41, 5.74) is -1.75. The second-order valence-corrected chi connectivity index (χ2v) is 29.2. The van der Waals surface area contributed by atoms with Crippen LogP contribution in [0, 0.1) is 34.0 Å². The Bertz CT molecular complexity index is 3650. The predicted molar refractivity (Wildman–Crippen MR) is 443 cm³/mol. The molecule has 3 aromatic rings. The minimum absolute atomic E-state index is 0.00560. The van der Waals surface area contributed by atoms with E-state index < -0.39 is 152 Å². The number of ether oxygens (including phenoxy) is 15. The van der Waals surface area contributed by atoms with Gasteiger partial charge in [0.2, 0.25) is 64.4 Å². The van der Waals surface area contributed by atoms with E-state index in [-0.39, 0.29) is 234 Å². The molecular formula is C79H131F5N14O34. The number of nitrogens with zero attached hydrogens (tertiary/aromatic N) is 7. The van der Waals surface area contributed by atoms with Crippen LogP contribution < -0.4 is 42.0 Å². The molecular weight excluding hydrogens is 1780 g/mol. The predicted octanol–water partition coefficient (Wildman–Crippen LogP) is -3.81. The van der Waals surface area contributed by atoms with Crippen LogP contribution in [0.2, 0.25) is 0 Å². The van der Waals surface area contributed by atoms with Crippen LogP contribution in [0.4, 0.5) is 22.0 Å². The van der Waals surface area contributed by atoms with Crippen molar-refractivity contribution in [3.8, 4) is 5.75 Å². The fraction of sp³-hybridized carbons (Fsp3) is 0.772. The molecule has 0 fully saturated rings. The van der Waals surface area contributed by atoms with Crippen LogP contribution in [-0.4, -0.2) is 401 Å². The Hall–Kier alpha value is -8.45. The zero-order valence-electron chi connectivity index (χ0n) is 73.9. The van der Waals surface area contributed by atoms with Gasteiger partial charge in [0.25, 0.3) is 5.79 Å². The Morgan fingerprint density at radius 2 is 0.909 bits per heavy atom. The second-order valence-electron chi connectivity index (χ2n) is 29.2. The van der Waals surface area contributed by atoms with Gasteiger partial charge in [-0.05, 0) is 82.5 Å². The average molecular weight is 1920 g/mol. The Balaban J connectivity index is 1.28. The number of carbonyl (C=O) groups is 8. The minimum atomic E-state index is -2.80. The number of carboxylic acid groups (broad SMARTS) is 2. The molecule has 0 spiro atoms. The highest BCUT2D eigenvalue weighted by Crippen LogP contribution is 2.30. The van der Waals surface area contributed by atoms with Gasteiger partial charge in [-0.3, -0.25) is 28.8 Å². The van der Waals surface area contributed by atoms with Gasteiger partial charge in [-0.1, -0.05) is 10.4 Å². The zero-order chi connectivity index (χ0) is 96.8. The lowest BCUT2D eigenvalue weighted by atomic mass is 9.95. The molecule has 53 heteroatoms. The third-order valence-electron chi connectivity index (χ3n) is 18.6. The third-order valence-corrected chi connectivity index (χ3v) is 18.6. The first-order chi connectivity index (χ1) is 63.6. The third kappa shape index (κ3) is 54.2. The molecule has 48 nitrogen and oxygen atoms in total. The van der Waals surface area contributed by atoms with Crippen molar-refractivity contribution in [1.29, 1.82) is 0 Å². The molecule has 3 rings (SSSR count). The summed E-state index contributed by atoms with van der Waals surface area (Å²) in [5.74, 6) is -23.0. The molecule has 756 valence electrons. The standard InChI is InChI=1S/C79H131F5N14O34/c80-70-71(81)73(83)75(74(84)72(70)82)132-69(111)11-23-120-29-33-124-35-36-125-34-30-121-24-16-88-66(108)49-86-48-57(90-65(107)6-3-13-85-14-4-21-118-27-31-122-25-17-97-50-59(93-95-97)55-129-40-38-127-42-44-131-79(116,77(114)115)12-7-56(89-67(109)52-101)45-60(103)8-19-99)5-1-2-15-87-64(106)10-22-119-28-32-123-26-18-98-51-58(92-96-98)54-128-39-37-126-41-43-130-78(94-117,76(112)113)47-63(105)62(91-68(110)53-102)46-61(104)9-20-100/h50-51,56-57,60-63,85-86,99-105,116H,1-49,52-55H2,(H,87,106)(H,88,108)(H,89,109)(H,90,107)(H,91,110)(H,112,113)(H,114,115)/t56-,57+,60-,61-,62+,63+,78-,79-/m1/s1. The van der Waals surface area contributed by atoms with Gasteiger partial charge in [-0.25, -0.2) is 32.1 Å². The van der Waals surface area contributed by atoms with E-state index in [2.05, 4.69) is 67.8 Å². The number of benzene rings is 1. The van der Waals surface area contributed by atoms with Crippen molar-refractivity contribution in [1.82, 2.24) is 67.2 Å². The lowest BCUT2D eigenvalue weighted by Crippen LogP contribution is -2.51. The van der Waals surface area contributed by atoms with Gasteiger partial charge in [-0.2, -0.15) is 8.78 Å². The lowest BCUT2D eigenvalue weighted by Gasteiger charge is -2.30. The van der Waals surface area contributed by atoms with Crippen molar-refractivity contribution in [3.63, 3.8) is 0 Å². The molecule has 0 saturated heterocycles. The van der Waals surface area contributed by atoms with Crippen LogP contribution >= 0.6 is 0 Å². The number of nitrogens with one attached hydrogen (secondary N) is 7. The SMILES string of the molecule is O=N[C@](C[C@H](O)[C@H](C[C@H](O)CCO)NC(=O)CO)(OCCOCCOCc1cn(CCOCCOCCC(=O)NCCCC[C@@H](CNCC(=O)NCCOCCOCCOCCOCCC(=O)Oc2c(F)c(F)c(F)c(F)c2F)NC(=O)CCCNCCCOCCOCCn2cc(COCCOCCO[C@](O)(CC[C@H](C[C@H](O)CCO)NC(=O)CO)C(=O)O)nn2)nn1)C(=O)O. The quantitative estimate of drug-likeness (QED) is 0.00377. The maximum Gasteiger partial charge on any atom is 0.364 e. The summed E-state index contributed by atoms with van der Waals surface area (Å²) in [6, 6.07) is -2.51. The first kappa shape index (κ1) is 118. The van der Waals surface area contributed by atoms with Crippen molar-refractivity contribution in [2.24, 2.45) is 5.18 Å². The Labute approximate surface area is 758 Å². The van der Waals surface area contributed by atoms with Crippen LogP contribution in [0.5, 0.6) is 5.75 Å². The molecule has 1 aromatic carbocycles. The number of esters is 1. The molecule has 0 aliphatic carbocycles. The van der Waals surface area contributed by atoms with Crippen molar-refractivity contribution in [2.75, 3.05) is 224 Å². The van der Waals surface area contributed by atoms with Gasteiger partial charge >= 0.3 is 23.6 Å². The van der Waals surface area contributed by atoms with Gasteiger partial charge in [0.15, 0.2) is 0 Å². The smallest absolute Gasteiger partial charge is 0.364 e. The van der Waals surface area contributed by atoms with Gasteiger partial charge in [0.05, 0.1) is 228 Å². The zero-order valence-corrected chi connectivity index (χ0v) is 73.9. The summed E-state index contributed by atoms with van der Waals surface area (Å²) in [4.78, 5) is 110. The molecule has 2 aromatic heterocycles. The van der Waals surface area contributed by atoms with E-state index in [4.69, 9.17) is 86.7 Å². The molecule has 0 saturated carbocycles. The fourth-order valence-corrected chi connectivity index (χ4v) is 11.7. The van der Waals surface area contributed by atoms with Crippen molar-refractivity contribution < 1.29 is 182 Å². The van der Waals surface area contributed by atoms with Gasteiger partial charge in [0, 0.05) is 77.2 Å². The van der Waals surface area contributed by atoms with E-state index in [1.54, 1.807) is 21.8 Å². The number of carboxylic acids is 2. The number of aliphatic hydroxyl groups excluding tert-OH is 7. The molecule has 8 atom stereocenters. The topological polar surface area (TPSA) is 652 Å². The number of hydrogen-bond donors (Lipinski definition) is 17. The lowest BCUT2D eigenvalue weighted by molar-refractivity contribution is -0.230. The summed E-state index contributed by atoms with van der Waals surface area (Å²) in [5, 5.41) is 136. The molecule has 0 aliphatic rings. The molecule has 2 heterocycles. The molecule has 0 bridgehead atoms. The highest BCUT2D eigenvalue weighted by molar-refractivity contribution is 5.80. The highest BCUT2D eigenvalue weighted by Gasteiger charge is 2.46. The van der Waals surface area contributed by atoms with Crippen LogP contribution in [0.3, 0.4) is 0 Å². The first-order valence-corrected chi connectivity index (χ1v) is 43.2. The first-order valence-electron chi connectivity index (χ1n) is 43.2. The number of aliphatic hydroxyl groups is 8. The molecule has 0 radical (unpaired) electrons. The van der Waals surface area contributed by atoms with Crippen molar-refractivity contribution >= 4 is 47.4 Å². The van der Waals surface area contributed by atoms with Crippen molar-refractivity contribution in [2.45, 2.75) is 171 Å². The number of rotatable bonds is 88. The largest absolute Gasteiger partial charge is 0.478 e. The van der Waals surface area contributed by atoms with E-state index in [0.29, 0.717) is 103 Å². The number of aromatic nitrogens is 6. The minimum Gasteiger partial charge on any atom is -0.478 e. The van der Waals surface area contributed by atoms with E-state index in [0.717, 1.165) is 0 Å². The average Bonchev–Trinajstić information content (AvgIpc) is 0.799. The number of carbonyl (C=O) groups excluding carboxylic acids is 6. The van der Waals surface area contributed by atoms with Crippen LogP contribution in [0.15, 0.2) is 17.6 Å². The summed E-state index contributed by atoms with van der Waals surface area (Å²) in [6.45, 7) is 2.78. The molecule has 5 amide bonds. The summed E-state index contributed by atoms with van der Waals surface area (Å²) in [6.07, 6.45) is 0.0108. The number of nitroso groups, excluding NO2 is 1. The monoisotopic (exact) mass is 1910 g/mol. The fourth-order valence-electron chi connectivity index (χ4n) is 11.7. The van der Waals surface area contributed by atoms with Gasteiger partial charge < -0.3 is 159 Å².